The van der Waals surface area contributed by atoms with E-state index in [1.54, 1.807) is 21.8 Å². The number of amides is 1. The fourth-order valence-corrected chi connectivity index (χ4v) is 6.43. The van der Waals surface area contributed by atoms with Crippen molar-refractivity contribution in [2.75, 3.05) is 24.6 Å². The minimum absolute atomic E-state index is 0.152. The van der Waals surface area contributed by atoms with Gasteiger partial charge in [-0.2, -0.15) is 0 Å². The van der Waals surface area contributed by atoms with E-state index in [0.29, 0.717) is 34.7 Å². The maximum atomic E-state index is 12.4. The van der Waals surface area contributed by atoms with E-state index in [-0.39, 0.29) is 30.5 Å². The monoisotopic (exact) mass is 655 g/mol. The van der Waals surface area contributed by atoms with E-state index in [2.05, 4.69) is 35.2 Å². The summed E-state index contributed by atoms with van der Waals surface area (Å²) in [6, 6.07) is 0. The summed E-state index contributed by atoms with van der Waals surface area (Å²) in [6.07, 6.45) is 1.82. The molecule has 0 unspecified atom stereocenters. The van der Waals surface area contributed by atoms with E-state index in [4.69, 9.17) is 39.9 Å². The van der Waals surface area contributed by atoms with Crippen molar-refractivity contribution in [3.05, 3.63) is 25.3 Å². The molecule has 0 aromatic carbocycles. The van der Waals surface area contributed by atoms with Crippen molar-refractivity contribution in [3.63, 3.8) is 0 Å². The molecule has 1 amide bonds. The fourth-order valence-electron chi connectivity index (χ4n) is 6.43. The number of rotatable bonds is 5. The number of hydrogen-bond acceptors (Lipinski definition) is 16. The molecule has 0 saturated carbocycles. The van der Waals surface area contributed by atoms with E-state index in [0.717, 1.165) is 0 Å². The number of nitrogens with zero attached hydrogens (tertiary/aromatic N) is 8. The van der Waals surface area contributed by atoms with Crippen LogP contribution in [0.15, 0.2) is 25.3 Å². The van der Waals surface area contributed by atoms with Crippen LogP contribution in [0.4, 0.5) is 11.6 Å². The summed E-state index contributed by atoms with van der Waals surface area (Å²) in [6.45, 7) is 9.49. The van der Waals surface area contributed by atoms with E-state index < -0.39 is 48.4 Å². The molecule has 4 aromatic rings. The van der Waals surface area contributed by atoms with Crippen LogP contribution in [0, 0.1) is 0 Å². The topological polar surface area (TPSA) is 244 Å². The van der Waals surface area contributed by atoms with Gasteiger partial charge in [-0.25, -0.2) is 29.9 Å². The highest BCUT2D eigenvalue weighted by molar-refractivity contribution is 5.83. The van der Waals surface area contributed by atoms with Gasteiger partial charge in [-0.1, -0.05) is 0 Å². The van der Waals surface area contributed by atoms with Crippen molar-refractivity contribution < 1.29 is 38.3 Å². The lowest BCUT2D eigenvalue weighted by molar-refractivity contribution is -0.199. The van der Waals surface area contributed by atoms with Crippen molar-refractivity contribution in [2.45, 2.75) is 95.3 Å². The molecule has 8 rings (SSSR count). The molecular weight excluding hydrogens is 618 g/mol. The van der Waals surface area contributed by atoms with Crippen molar-refractivity contribution in [3.8, 4) is 0 Å². The number of fused-ring (bicyclic) bond motifs is 4. The van der Waals surface area contributed by atoms with Gasteiger partial charge >= 0.3 is 0 Å². The second-order valence-corrected chi connectivity index (χ2v) is 12.4. The smallest absolute Gasteiger partial charge is 0.252 e. The van der Waals surface area contributed by atoms with Gasteiger partial charge in [-0.05, 0) is 34.6 Å². The summed E-state index contributed by atoms with van der Waals surface area (Å²) >= 11 is 0. The predicted octanol–water partition coefficient (Wildman–Crippen LogP) is -0.220. The molecule has 4 saturated heterocycles. The number of anilines is 2. The van der Waals surface area contributed by atoms with Crippen LogP contribution in [0.2, 0.25) is 0 Å². The molecule has 19 nitrogen and oxygen atoms in total. The standard InChI is InChI=1S/C15H20N6O4.C13H17N5O4/c1-4-17-13(22)9-8-10(25-15(2,3)24-8)14(23-9)21-6-20-7-11(16)18-5-19-12(7)21;1-13(2)21-8-6(3-19)20-12(9(8)22-13)18-5-17-7-10(14)15-4-16-11(7)18/h5-6,8-10,14H,4H2,1-3H3,(H,17,22)(H2,16,18,19);4-6,8-9,12,19H,3H2,1-2H3,(H2,14,15,16)/t8-,9+,10-,14-;6-,8-,9-,12-/m11/s1. The Balaban J connectivity index is 0.000000151. The van der Waals surface area contributed by atoms with Gasteiger partial charge in [0.25, 0.3) is 5.91 Å². The van der Waals surface area contributed by atoms with Gasteiger partial charge in [0.05, 0.1) is 19.3 Å². The Morgan fingerprint density at radius 2 is 1.28 bits per heavy atom. The van der Waals surface area contributed by atoms with Gasteiger partial charge in [-0.3, -0.25) is 13.9 Å². The Morgan fingerprint density at radius 3 is 1.81 bits per heavy atom. The van der Waals surface area contributed by atoms with Crippen LogP contribution in [0.5, 0.6) is 0 Å². The van der Waals surface area contributed by atoms with Gasteiger partial charge in [0.2, 0.25) is 0 Å². The Morgan fingerprint density at radius 1 is 0.787 bits per heavy atom. The molecule has 0 bridgehead atoms. The molecule has 0 spiro atoms. The summed E-state index contributed by atoms with van der Waals surface area (Å²) in [5.41, 5.74) is 13.7. The number of ether oxygens (including phenoxy) is 6. The summed E-state index contributed by atoms with van der Waals surface area (Å²) in [5, 5.41) is 12.3. The number of carbonyl (C=O) groups excluding carboxylic acids is 1. The van der Waals surface area contributed by atoms with Crippen LogP contribution in [-0.2, 0) is 33.2 Å². The van der Waals surface area contributed by atoms with Gasteiger partial charge < -0.3 is 50.3 Å². The average molecular weight is 656 g/mol. The number of aliphatic hydroxyl groups is 1. The molecule has 47 heavy (non-hydrogen) atoms. The van der Waals surface area contributed by atoms with Crippen LogP contribution in [0.3, 0.4) is 0 Å². The summed E-state index contributed by atoms with van der Waals surface area (Å²) in [5.74, 6) is -1.19. The second-order valence-electron chi connectivity index (χ2n) is 12.4. The quantitative estimate of drug-likeness (QED) is 0.217. The number of likely N-dealkylation sites (N-methyl/N-ethyl adjacent to an activating group) is 1. The summed E-state index contributed by atoms with van der Waals surface area (Å²) < 4.78 is 39.0. The average Bonchev–Trinajstić information content (AvgIpc) is 3.84. The maximum absolute atomic E-state index is 12.4. The van der Waals surface area contributed by atoms with Crippen molar-refractivity contribution in [1.82, 2.24) is 44.4 Å². The lowest BCUT2D eigenvalue weighted by Crippen LogP contribution is -2.42. The normalized spacial score (nSPS) is 31.9. The van der Waals surface area contributed by atoms with E-state index in [9.17, 15) is 9.90 Å². The second kappa shape index (κ2) is 11.5. The fraction of sp³-hybridized carbons (Fsp3) is 0.607. The molecule has 19 heteroatoms. The molecule has 4 aromatic heterocycles. The van der Waals surface area contributed by atoms with Crippen LogP contribution >= 0.6 is 0 Å². The van der Waals surface area contributed by atoms with E-state index in [1.165, 1.54) is 12.7 Å². The first kappa shape index (κ1) is 31.5. The van der Waals surface area contributed by atoms with E-state index >= 15 is 0 Å². The Kier molecular flexibility index (Phi) is 7.73. The predicted molar refractivity (Wildman–Crippen MR) is 161 cm³/mol. The number of nitrogen functional groups attached to an aromatic ring is 2. The molecule has 252 valence electrons. The van der Waals surface area contributed by atoms with Gasteiger partial charge in [0, 0.05) is 6.54 Å². The van der Waals surface area contributed by atoms with Crippen LogP contribution in [0.1, 0.15) is 47.1 Å². The van der Waals surface area contributed by atoms with Gasteiger partial charge in [-0.15, -0.1) is 0 Å². The number of aromatic nitrogens is 8. The highest BCUT2D eigenvalue weighted by Crippen LogP contribution is 2.45. The number of aliphatic hydroxyl groups excluding tert-OH is 1. The number of imidazole rings is 2. The number of nitrogens with two attached hydrogens (primary N) is 2. The van der Waals surface area contributed by atoms with Crippen molar-refractivity contribution in [1.29, 1.82) is 0 Å². The summed E-state index contributed by atoms with van der Waals surface area (Å²) in [4.78, 5) is 37.2. The zero-order valence-electron chi connectivity index (χ0n) is 26.4. The molecule has 8 heterocycles. The Labute approximate surface area is 267 Å². The number of carbonyl (C=O) groups is 1. The first-order chi connectivity index (χ1) is 22.4. The Hall–Kier alpha value is -4.11. The van der Waals surface area contributed by atoms with Gasteiger partial charge in [0.15, 0.2) is 53.1 Å². The minimum atomic E-state index is -0.813. The van der Waals surface area contributed by atoms with Crippen LogP contribution in [-0.4, -0.2) is 111 Å². The molecule has 4 aliphatic heterocycles. The molecule has 0 aliphatic carbocycles. The van der Waals surface area contributed by atoms with Crippen LogP contribution < -0.4 is 16.8 Å². The molecular formula is C28H37N11O8. The van der Waals surface area contributed by atoms with Crippen molar-refractivity contribution in [2.24, 2.45) is 0 Å². The largest absolute Gasteiger partial charge is 0.394 e. The van der Waals surface area contributed by atoms with Gasteiger partial charge in [0.1, 0.15) is 54.2 Å². The molecule has 6 N–H and O–H groups in total. The van der Waals surface area contributed by atoms with Crippen LogP contribution in [0.25, 0.3) is 22.3 Å². The minimum Gasteiger partial charge on any atom is -0.394 e. The SMILES string of the molecule is CC1(C)O[C@@H]2[C@H](O1)[C@@H](CO)O[C@H]2n1cnc2c(N)ncnc21.CCNC(=O)[C@H]1O[C@@H](n2cnc3c(N)ncnc32)[C@@H]2OC(C)(C)O[C@@H]21. The first-order valence-corrected chi connectivity index (χ1v) is 15.2. The Bertz CT molecular complexity index is 1800. The number of nitrogens with one attached hydrogen (secondary N) is 1. The zero-order chi connectivity index (χ0) is 33.2. The lowest BCUT2D eigenvalue weighted by atomic mass is 10.1. The number of hydrogen-bond donors (Lipinski definition) is 4. The third-order valence-electron chi connectivity index (χ3n) is 8.27. The summed E-state index contributed by atoms with van der Waals surface area (Å²) in [7, 11) is 0. The molecule has 0 radical (unpaired) electrons. The zero-order valence-corrected chi connectivity index (χ0v) is 26.4. The highest BCUT2D eigenvalue weighted by atomic mass is 16.8. The molecule has 4 aliphatic rings. The highest BCUT2D eigenvalue weighted by Gasteiger charge is 2.58. The third kappa shape index (κ3) is 5.42. The lowest BCUT2D eigenvalue weighted by Gasteiger charge is -2.24. The molecule has 4 fully saturated rings. The van der Waals surface area contributed by atoms with E-state index in [1.807, 2.05) is 34.6 Å². The molecule has 8 atom stereocenters. The van der Waals surface area contributed by atoms with Crippen molar-refractivity contribution >= 4 is 39.9 Å². The first-order valence-electron chi connectivity index (χ1n) is 15.2. The maximum Gasteiger partial charge on any atom is 0.252 e. The third-order valence-corrected chi connectivity index (χ3v) is 8.27.